The van der Waals surface area contributed by atoms with Gasteiger partial charge in [-0.1, -0.05) is 24.6 Å². The Balaban J connectivity index is 0.00000180. The standard InChI is InChI=1S/C16H25NO.ClH/c1-12(2)17-11-16(18)15-9-8-13-6-4-3-5-7-14(13)10-15;/h8-10,12,16-18H,3-7,11H2,1-2H3;1H. The Morgan fingerprint density at radius 3 is 2.47 bits per heavy atom. The van der Waals surface area contributed by atoms with E-state index in [0.717, 1.165) is 12.1 Å². The first-order chi connectivity index (χ1) is 8.66. The van der Waals surface area contributed by atoms with Crippen LogP contribution in [0.5, 0.6) is 0 Å². The van der Waals surface area contributed by atoms with Gasteiger partial charge in [0.05, 0.1) is 6.04 Å². The average Bonchev–Trinajstić information content (AvgIpc) is 2.60. The first-order valence-electron chi connectivity index (χ1n) is 7.30. The van der Waals surface area contributed by atoms with Crippen LogP contribution >= 0.6 is 0 Å². The third kappa shape index (κ3) is 4.79. The van der Waals surface area contributed by atoms with Gasteiger partial charge in [-0.05, 0) is 56.2 Å². The molecule has 3 N–H and O–H groups in total. The monoisotopic (exact) mass is 283 g/mol. The largest absolute Gasteiger partial charge is 1.00 e. The smallest absolute Gasteiger partial charge is 0.128 e. The highest BCUT2D eigenvalue weighted by atomic mass is 35.5. The van der Waals surface area contributed by atoms with E-state index >= 15 is 0 Å². The van der Waals surface area contributed by atoms with Crippen molar-refractivity contribution in [2.45, 2.75) is 58.1 Å². The van der Waals surface area contributed by atoms with Crippen molar-refractivity contribution < 1.29 is 22.8 Å². The lowest BCUT2D eigenvalue weighted by Crippen LogP contribution is -3.00. The number of aliphatic hydroxyl groups is 1. The molecule has 0 radical (unpaired) electrons. The maximum atomic E-state index is 10.2. The topological polar surface area (TPSA) is 36.8 Å². The summed E-state index contributed by atoms with van der Waals surface area (Å²) in [6, 6.07) is 7.12. The van der Waals surface area contributed by atoms with Gasteiger partial charge in [-0.15, -0.1) is 0 Å². The number of halogens is 1. The molecular formula is C16H26ClNO. The Morgan fingerprint density at radius 2 is 1.79 bits per heavy atom. The summed E-state index contributed by atoms with van der Waals surface area (Å²) < 4.78 is 0. The van der Waals surface area contributed by atoms with Crippen LogP contribution in [-0.2, 0) is 12.8 Å². The number of aliphatic hydroxyl groups excluding tert-OH is 1. The third-order valence-electron chi connectivity index (χ3n) is 3.84. The summed E-state index contributed by atoms with van der Waals surface area (Å²) in [5.41, 5.74) is 4.05. The second-order valence-electron chi connectivity index (χ2n) is 5.82. The van der Waals surface area contributed by atoms with Crippen LogP contribution in [0.3, 0.4) is 0 Å². The zero-order valence-corrected chi connectivity index (χ0v) is 12.8. The molecule has 0 saturated carbocycles. The number of fused-ring (bicyclic) bond motifs is 1. The van der Waals surface area contributed by atoms with Crippen LogP contribution in [0.1, 0.15) is 55.9 Å². The molecule has 1 aromatic carbocycles. The molecule has 3 heteroatoms. The Hall–Kier alpha value is -0.570. The number of quaternary nitrogens is 1. The van der Waals surface area contributed by atoms with Gasteiger partial charge in [0.15, 0.2) is 0 Å². The Labute approximate surface area is 123 Å². The molecule has 0 aromatic heterocycles. The van der Waals surface area contributed by atoms with Crippen molar-refractivity contribution in [1.29, 1.82) is 0 Å². The maximum absolute atomic E-state index is 10.2. The zero-order chi connectivity index (χ0) is 13.0. The fourth-order valence-electron chi connectivity index (χ4n) is 2.67. The van der Waals surface area contributed by atoms with E-state index in [-0.39, 0.29) is 18.5 Å². The van der Waals surface area contributed by atoms with Crippen LogP contribution in [0.4, 0.5) is 0 Å². The molecule has 108 valence electrons. The normalized spacial score (nSPS) is 16.4. The van der Waals surface area contributed by atoms with Gasteiger partial charge in [0.1, 0.15) is 12.6 Å². The molecular weight excluding hydrogens is 258 g/mol. The molecule has 1 aliphatic rings. The van der Waals surface area contributed by atoms with Crippen LogP contribution in [0.25, 0.3) is 0 Å². The highest BCUT2D eigenvalue weighted by Gasteiger charge is 2.14. The third-order valence-corrected chi connectivity index (χ3v) is 3.84. The molecule has 0 aliphatic heterocycles. The first-order valence-corrected chi connectivity index (χ1v) is 7.30. The van der Waals surface area contributed by atoms with E-state index < -0.39 is 0 Å². The van der Waals surface area contributed by atoms with E-state index in [4.69, 9.17) is 0 Å². The number of aryl methyl sites for hydroxylation is 2. The number of nitrogens with two attached hydrogens (primary N) is 1. The van der Waals surface area contributed by atoms with Crippen molar-refractivity contribution in [1.82, 2.24) is 0 Å². The minimum Gasteiger partial charge on any atom is -1.00 e. The summed E-state index contributed by atoms with van der Waals surface area (Å²) in [5.74, 6) is 0. The van der Waals surface area contributed by atoms with Crippen molar-refractivity contribution in [3.05, 3.63) is 34.9 Å². The molecule has 1 unspecified atom stereocenters. The van der Waals surface area contributed by atoms with Crippen molar-refractivity contribution in [3.8, 4) is 0 Å². The highest BCUT2D eigenvalue weighted by molar-refractivity contribution is 5.34. The molecule has 1 aromatic rings. The van der Waals surface area contributed by atoms with E-state index in [1.807, 2.05) is 0 Å². The van der Waals surface area contributed by atoms with Gasteiger partial charge in [0.2, 0.25) is 0 Å². The number of rotatable bonds is 4. The number of hydrogen-bond donors (Lipinski definition) is 2. The van der Waals surface area contributed by atoms with E-state index in [1.165, 1.54) is 43.2 Å². The summed E-state index contributed by atoms with van der Waals surface area (Å²) in [6.45, 7) is 5.07. The van der Waals surface area contributed by atoms with Crippen LogP contribution in [-0.4, -0.2) is 17.7 Å². The van der Waals surface area contributed by atoms with Gasteiger partial charge in [-0.25, -0.2) is 0 Å². The van der Waals surface area contributed by atoms with E-state index in [2.05, 4.69) is 37.4 Å². The van der Waals surface area contributed by atoms with Gasteiger partial charge in [0.25, 0.3) is 0 Å². The van der Waals surface area contributed by atoms with Crippen molar-refractivity contribution in [3.63, 3.8) is 0 Å². The number of benzene rings is 1. The molecule has 2 rings (SSSR count). The first kappa shape index (κ1) is 16.5. The predicted molar refractivity (Wildman–Crippen MR) is 74.6 cm³/mol. The SMILES string of the molecule is CC(C)[NH2+]CC(O)c1ccc2c(c1)CCCCC2.[Cl-]. The van der Waals surface area contributed by atoms with Gasteiger partial charge < -0.3 is 22.8 Å². The minimum absolute atomic E-state index is 0. The quantitative estimate of drug-likeness (QED) is 0.681. The van der Waals surface area contributed by atoms with Crippen LogP contribution in [0, 0.1) is 0 Å². The summed E-state index contributed by atoms with van der Waals surface area (Å²) in [6.07, 6.45) is 6.02. The van der Waals surface area contributed by atoms with E-state index in [0.29, 0.717) is 6.04 Å². The summed E-state index contributed by atoms with van der Waals surface area (Å²) in [5, 5.41) is 12.4. The molecule has 0 bridgehead atoms. The molecule has 0 heterocycles. The maximum Gasteiger partial charge on any atom is 0.128 e. The van der Waals surface area contributed by atoms with Crippen LogP contribution < -0.4 is 17.7 Å². The second kappa shape index (κ2) is 7.88. The van der Waals surface area contributed by atoms with E-state index in [1.54, 1.807) is 0 Å². The molecule has 0 saturated heterocycles. The van der Waals surface area contributed by atoms with Crippen molar-refractivity contribution in [2.75, 3.05) is 6.54 Å². The van der Waals surface area contributed by atoms with Gasteiger partial charge in [-0.2, -0.15) is 0 Å². The summed E-state index contributed by atoms with van der Waals surface area (Å²) in [7, 11) is 0. The molecule has 1 atom stereocenters. The highest BCUT2D eigenvalue weighted by Crippen LogP contribution is 2.23. The lowest BCUT2D eigenvalue weighted by molar-refractivity contribution is -0.689. The predicted octanol–water partition coefficient (Wildman–Crippen LogP) is -1.04. The Morgan fingerprint density at radius 1 is 1.11 bits per heavy atom. The van der Waals surface area contributed by atoms with Gasteiger partial charge >= 0.3 is 0 Å². The Kier molecular flexibility index (Phi) is 6.84. The molecule has 2 nitrogen and oxygen atoms in total. The molecule has 0 spiro atoms. The van der Waals surface area contributed by atoms with Gasteiger partial charge in [0, 0.05) is 0 Å². The van der Waals surface area contributed by atoms with Crippen molar-refractivity contribution >= 4 is 0 Å². The van der Waals surface area contributed by atoms with Crippen LogP contribution in [0.2, 0.25) is 0 Å². The zero-order valence-electron chi connectivity index (χ0n) is 12.0. The minimum atomic E-state index is -0.332. The molecule has 0 fully saturated rings. The molecule has 1 aliphatic carbocycles. The average molecular weight is 284 g/mol. The lowest BCUT2D eigenvalue weighted by atomic mass is 9.97. The van der Waals surface area contributed by atoms with Crippen molar-refractivity contribution in [2.24, 2.45) is 0 Å². The fourth-order valence-corrected chi connectivity index (χ4v) is 2.67. The van der Waals surface area contributed by atoms with E-state index in [9.17, 15) is 5.11 Å². The lowest BCUT2D eigenvalue weighted by Gasteiger charge is -2.14. The number of hydrogen-bond acceptors (Lipinski definition) is 1. The molecule has 0 amide bonds. The molecule has 19 heavy (non-hydrogen) atoms. The summed E-state index contributed by atoms with van der Waals surface area (Å²) >= 11 is 0. The van der Waals surface area contributed by atoms with Crippen LogP contribution in [0.15, 0.2) is 18.2 Å². The van der Waals surface area contributed by atoms with Gasteiger partial charge in [-0.3, -0.25) is 0 Å². The second-order valence-corrected chi connectivity index (χ2v) is 5.82. The summed E-state index contributed by atoms with van der Waals surface area (Å²) in [4.78, 5) is 0. The fraction of sp³-hybridized carbons (Fsp3) is 0.625. The Bertz CT molecular complexity index is 392.